The van der Waals surface area contributed by atoms with Gasteiger partial charge in [0.2, 0.25) is 0 Å². The number of benzene rings is 1. The van der Waals surface area contributed by atoms with Crippen LogP contribution in [0.1, 0.15) is 19.1 Å². The number of hydrogen-bond acceptors (Lipinski definition) is 3. The summed E-state index contributed by atoms with van der Waals surface area (Å²) < 4.78 is -0.284. The quantitative estimate of drug-likeness (QED) is 0.727. The molecule has 0 atom stereocenters. The van der Waals surface area contributed by atoms with E-state index in [0.29, 0.717) is 15.7 Å². The Morgan fingerprint density at radius 2 is 1.94 bits per heavy atom. The van der Waals surface area contributed by atoms with E-state index in [1.165, 1.54) is 0 Å². The number of aromatic carboxylic acids is 1. The first-order chi connectivity index (χ1) is 8.49. The fourth-order valence-electron chi connectivity index (χ4n) is 1.35. The van der Waals surface area contributed by atoms with Crippen molar-refractivity contribution in [3.05, 3.63) is 39.9 Å². The van der Waals surface area contributed by atoms with Crippen molar-refractivity contribution in [2.75, 3.05) is 0 Å². The van der Waals surface area contributed by atoms with Crippen molar-refractivity contribution < 1.29 is 9.90 Å². The molecule has 0 spiro atoms. The average Bonchev–Trinajstić information content (AvgIpc) is 2.75. The van der Waals surface area contributed by atoms with E-state index in [9.17, 15) is 4.79 Å². The molecule has 0 saturated heterocycles. The molecule has 94 valence electrons. The van der Waals surface area contributed by atoms with Gasteiger partial charge in [-0.05, 0) is 12.1 Å². The Hall–Kier alpha value is -0.430. The van der Waals surface area contributed by atoms with Crippen molar-refractivity contribution in [2.45, 2.75) is 3.74 Å². The molecular formula is C11H6Br2ClNO2S. The maximum atomic E-state index is 11.1. The van der Waals surface area contributed by atoms with Gasteiger partial charge in [-0.1, -0.05) is 55.6 Å². The van der Waals surface area contributed by atoms with Gasteiger partial charge >= 0.3 is 5.97 Å². The topological polar surface area (TPSA) is 50.2 Å². The molecule has 0 radical (unpaired) electrons. The van der Waals surface area contributed by atoms with Gasteiger partial charge in [0.25, 0.3) is 0 Å². The number of rotatable bonds is 3. The third-order valence-electron chi connectivity index (χ3n) is 2.15. The maximum Gasteiger partial charge on any atom is 0.347 e. The Bertz CT molecular complexity index is 583. The second-order valence-corrected chi connectivity index (χ2v) is 7.84. The number of alkyl halides is 2. The molecule has 2 rings (SSSR count). The number of nitrogens with zero attached hydrogens (tertiary/aromatic N) is 1. The average molecular weight is 412 g/mol. The number of carbonyl (C=O) groups is 1. The summed E-state index contributed by atoms with van der Waals surface area (Å²) in [5.74, 6) is -0.980. The normalized spacial score (nSPS) is 10.9. The molecular weight excluding hydrogens is 405 g/mol. The van der Waals surface area contributed by atoms with Crippen molar-refractivity contribution in [2.24, 2.45) is 0 Å². The van der Waals surface area contributed by atoms with E-state index in [1.807, 2.05) is 12.1 Å². The van der Waals surface area contributed by atoms with E-state index in [0.717, 1.165) is 16.9 Å². The summed E-state index contributed by atoms with van der Waals surface area (Å²) in [5, 5.41) is 10.4. The van der Waals surface area contributed by atoms with Crippen LogP contribution in [0.5, 0.6) is 0 Å². The molecule has 3 nitrogen and oxygen atoms in total. The Labute approximate surface area is 129 Å². The summed E-state index contributed by atoms with van der Waals surface area (Å²) in [5.41, 5.74) is 1.32. The second-order valence-electron chi connectivity index (χ2n) is 3.35. The van der Waals surface area contributed by atoms with Gasteiger partial charge in [-0.15, -0.1) is 11.3 Å². The van der Waals surface area contributed by atoms with Gasteiger partial charge in [0, 0.05) is 10.6 Å². The zero-order valence-electron chi connectivity index (χ0n) is 8.73. The van der Waals surface area contributed by atoms with Gasteiger partial charge in [0.15, 0.2) is 0 Å². The summed E-state index contributed by atoms with van der Waals surface area (Å²) in [6, 6.07) is 7.12. The van der Waals surface area contributed by atoms with Crippen LogP contribution in [-0.4, -0.2) is 16.1 Å². The molecule has 0 aliphatic carbocycles. The van der Waals surface area contributed by atoms with E-state index in [-0.39, 0.29) is 8.61 Å². The minimum atomic E-state index is -0.980. The van der Waals surface area contributed by atoms with Crippen LogP contribution in [0.2, 0.25) is 5.02 Å². The highest BCUT2D eigenvalue weighted by atomic mass is 79.9. The fourth-order valence-corrected chi connectivity index (χ4v) is 3.39. The first-order valence-corrected chi connectivity index (χ1v) is 7.79. The minimum absolute atomic E-state index is 0.221. The van der Waals surface area contributed by atoms with Gasteiger partial charge < -0.3 is 5.11 Å². The highest BCUT2D eigenvalue weighted by molar-refractivity contribution is 9.24. The van der Waals surface area contributed by atoms with Crippen LogP contribution in [0.4, 0.5) is 0 Å². The van der Waals surface area contributed by atoms with Crippen molar-refractivity contribution in [1.29, 1.82) is 0 Å². The van der Waals surface area contributed by atoms with E-state index in [1.54, 1.807) is 12.1 Å². The van der Waals surface area contributed by atoms with Gasteiger partial charge in [-0.2, -0.15) is 0 Å². The molecule has 0 unspecified atom stereocenters. The lowest BCUT2D eigenvalue weighted by molar-refractivity contribution is 0.0701. The minimum Gasteiger partial charge on any atom is -0.477 e. The van der Waals surface area contributed by atoms with E-state index in [2.05, 4.69) is 36.8 Å². The Morgan fingerprint density at radius 1 is 1.33 bits per heavy atom. The maximum absolute atomic E-state index is 11.1. The van der Waals surface area contributed by atoms with Crippen LogP contribution in [-0.2, 0) is 0 Å². The molecule has 1 aromatic carbocycles. The predicted octanol–water partition coefficient (Wildman–Crippen LogP) is 4.95. The summed E-state index contributed by atoms with van der Waals surface area (Å²) >= 11 is 13.5. The Kier molecular flexibility index (Phi) is 4.42. The van der Waals surface area contributed by atoms with Gasteiger partial charge in [-0.25, -0.2) is 9.78 Å². The Morgan fingerprint density at radius 3 is 2.39 bits per heavy atom. The molecule has 2 aromatic rings. The molecule has 1 aromatic heterocycles. The monoisotopic (exact) mass is 409 g/mol. The van der Waals surface area contributed by atoms with Crippen molar-refractivity contribution in [3.63, 3.8) is 0 Å². The van der Waals surface area contributed by atoms with Crippen LogP contribution in [0, 0.1) is 0 Å². The van der Waals surface area contributed by atoms with Crippen LogP contribution >= 0.6 is 54.8 Å². The van der Waals surface area contributed by atoms with E-state index >= 15 is 0 Å². The molecule has 1 heterocycles. The molecule has 1 N–H and O–H groups in total. The highest BCUT2D eigenvalue weighted by Crippen LogP contribution is 2.37. The zero-order valence-corrected chi connectivity index (χ0v) is 13.5. The van der Waals surface area contributed by atoms with Crippen LogP contribution in [0.15, 0.2) is 24.3 Å². The predicted molar refractivity (Wildman–Crippen MR) is 80.1 cm³/mol. The van der Waals surface area contributed by atoms with E-state index in [4.69, 9.17) is 16.7 Å². The first-order valence-electron chi connectivity index (χ1n) is 4.77. The lowest BCUT2D eigenvalue weighted by Gasteiger charge is -1.97. The molecule has 18 heavy (non-hydrogen) atoms. The number of halogens is 3. The molecule has 0 bridgehead atoms. The highest BCUT2D eigenvalue weighted by Gasteiger charge is 2.21. The number of aromatic nitrogens is 1. The Balaban J connectivity index is 2.49. The van der Waals surface area contributed by atoms with Gasteiger partial charge in [0.05, 0.1) is 5.69 Å². The number of carboxylic acid groups (broad SMARTS) is 1. The molecule has 0 fully saturated rings. The number of carboxylic acids is 1. The van der Waals surface area contributed by atoms with Gasteiger partial charge in [0.1, 0.15) is 13.6 Å². The standard InChI is InChI=1S/C11H6Br2ClNO2S/c12-9(13)7-8(11(16)17)18-10(15-7)5-1-3-6(14)4-2-5/h1-4,9H,(H,16,17). The summed E-state index contributed by atoms with van der Waals surface area (Å²) in [6.45, 7) is 0. The van der Waals surface area contributed by atoms with Gasteiger partial charge in [-0.3, -0.25) is 0 Å². The second kappa shape index (κ2) is 5.69. The molecule has 0 amide bonds. The SMILES string of the molecule is O=C(O)c1sc(-c2ccc(Cl)cc2)nc1C(Br)Br. The lowest BCUT2D eigenvalue weighted by atomic mass is 10.2. The van der Waals surface area contributed by atoms with Crippen molar-refractivity contribution >= 4 is 60.8 Å². The van der Waals surface area contributed by atoms with Crippen LogP contribution < -0.4 is 0 Å². The fraction of sp³-hybridized carbons (Fsp3) is 0.0909. The van der Waals surface area contributed by atoms with Crippen LogP contribution in [0.25, 0.3) is 10.6 Å². The summed E-state index contributed by atoms with van der Waals surface area (Å²) in [4.78, 5) is 15.7. The smallest absolute Gasteiger partial charge is 0.347 e. The zero-order chi connectivity index (χ0) is 13.3. The first kappa shape index (κ1) is 14.0. The van der Waals surface area contributed by atoms with E-state index < -0.39 is 5.97 Å². The summed E-state index contributed by atoms with van der Waals surface area (Å²) in [6.07, 6.45) is 0. The summed E-state index contributed by atoms with van der Waals surface area (Å²) in [7, 11) is 0. The largest absolute Gasteiger partial charge is 0.477 e. The van der Waals surface area contributed by atoms with Crippen molar-refractivity contribution in [3.8, 4) is 10.6 Å². The molecule has 7 heteroatoms. The number of thiazole rings is 1. The third-order valence-corrected chi connectivity index (χ3v) is 4.37. The molecule has 0 aliphatic rings. The number of hydrogen-bond donors (Lipinski definition) is 1. The van der Waals surface area contributed by atoms with Crippen molar-refractivity contribution in [1.82, 2.24) is 4.98 Å². The van der Waals surface area contributed by atoms with Crippen LogP contribution in [0.3, 0.4) is 0 Å². The third kappa shape index (κ3) is 2.93. The lowest BCUT2D eigenvalue weighted by Crippen LogP contribution is -1.97. The molecule has 0 saturated carbocycles. The molecule has 0 aliphatic heterocycles.